The normalized spacial score (nSPS) is 32.4. The predicted molar refractivity (Wildman–Crippen MR) is 50.8 cm³/mol. The Morgan fingerprint density at radius 3 is 2.88 bits per heavy atom. The highest BCUT2D eigenvalue weighted by atomic mass is 16.6. The van der Waals surface area contributed by atoms with E-state index in [1.807, 2.05) is 0 Å². The Hall–Kier alpha value is -1.14. The van der Waals surface area contributed by atoms with Gasteiger partial charge >= 0.3 is 11.9 Å². The lowest BCUT2D eigenvalue weighted by Crippen LogP contribution is -2.32. The first kappa shape index (κ1) is 11.3. The first-order valence-corrected chi connectivity index (χ1v) is 5.31. The van der Waals surface area contributed by atoms with Gasteiger partial charge in [-0.1, -0.05) is 0 Å². The fourth-order valence-corrected chi connectivity index (χ4v) is 1.97. The molecule has 1 N–H and O–H groups in total. The second-order valence-corrected chi connectivity index (χ2v) is 3.92. The van der Waals surface area contributed by atoms with E-state index >= 15 is 0 Å². The summed E-state index contributed by atoms with van der Waals surface area (Å²) in [5.74, 6) is -1.51. The van der Waals surface area contributed by atoms with Gasteiger partial charge in [0.1, 0.15) is 6.10 Å². The summed E-state index contributed by atoms with van der Waals surface area (Å²) in [5.41, 5.74) is 0. The van der Waals surface area contributed by atoms with Gasteiger partial charge < -0.3 is 19.3 Å². The molecule has 0 aromatic rings. The third-order valence-electron chi connectivity index (χ3n) is 2.75. The summed E-state index contributed by atoms with van der Waals surface area (Å²) >= 11 is 0. The third kappa shape index (κ3) is 2.51. The van der Waals surface area contributed by atoms with E-state index in [4.69, 9.17) is 19.3 Å². The molecule has 90 valence electrons. The number of aliphatic carboxylic acids is 1. The maximum atomic E-state index is 11.3. The number of ether oxygens (including phenoxy) is 3. The fraction of sp³-hybridized carbons (Fsp3) is 0.800. The van der Waals surface area contributed by atoms with Crippen LogP contribution in [0.2, 0.25) is 0 Å². The summed E-state index contributed by atoms with van der Waals surface area (Å²) in [6, 6.07) is 0. The van der Waals surface area contributed by atoms with Crippen LogP contribution in [0.25, 0.3) is 0 Å². The average Bonchev–Trinajstić information content (AvgIpc) is 2.80. The van der Waals surface area contributed by atoms with Crippen LogP contribution in [-0.2, 0) is 23.8 Å². The lowest BCUT2D eigenvalue weighted by Gasteiger charge is -2.16. The second kappa shape index (κ2) is 4.80. The smallest absolute Gasteiger partial charge is 0.306 e. The minimum Gasteiger partial charge on any atom is -0.481 e. The summed E-state index contributed by atoms with van der Waals surface area (Å²) in [6.07, 6.45) is -0.0156. The summed E-state index contributed by atoms with van der Waals surface area (Å²) in [7, 11) is 0. The Morgan fingerprint density at radius 2 is 2.12 bits per heavy atom. The highest BCUT2D eigenvalue weighted by Crippen LogP contribution is 2.28. The minimum atomic E-state index is -1.00. The molecule has 0 radical (unpaired) electrons. The molecule has 2 heterocycles. The van der Waals surface area contributed by atoms with Crippen molar-refractivity contribution in [3.8, 4) is 0 Å². The van der Waals surface area contributed by atoms with Crippen LogP contribution in [0.4, 0.5) is 0 Å². The van der Waals surface area contributed by atoms with Crippen LogP contribution in [0.15, 0.2) is 0 Å². The molecule has 0 amide bonds. The number of carboxylic acid groups (broad SMARTS) is 1. The second-order valence-electron chi connectivity index (χ2n) is 3.92. The molecule has 2 fully saturated rings. The SMILES string of the molecule is O=C(O)CCC(=O)OC1COC2CCOC21. The van der Waals surface area contributed by atoms with E-state index < -0.39 is 11.9 Å². The van der Waals surface area contributed by atoms with Gasteiger partial charge in [0.05, 0.1) is 25.6 Å². The van der Waals surface area contributed by atoms with E-state index in [0.717, 1.165) is 6.42 Å². The maximum Gasteiger partial charge on any atom is 0.306 e. The van der Waals surface area contributed by atoms with Crippen LogP contribution in [0.3, 0.4) is 0 Å². The van der Waals surface area contributed by atoms with Crippen molar-refractivity contribution in [2.24, 2.45) is 0 Å². The third-order valence-corrected chi connectivity index (χ3v) is 2.75. The van der Waals surface area contributed by atoms with E-state index in [0.29, 0.717) is 13.2 Å². The van der Waals surface area contributed by atoms with Crippen LogP contribution < -0.4 is 0 Å². The molecule has 0 aromatic heterocycles. The van der Waals surface area contributed by atoms with Crippen LogP contribution in [0.1, 0.15) is 19.3 Å². The Balaban J connectivity index is 1.77. The quantitative estimate of drug-likeness (QED) is 0.682. The molecule has 2 aliphatic heterocycles. The number of fused-ring (bicyclic) bond motifs is 1. The van der Waals surface area contributed by atoms with Gasteiger partial charge in [-0.15, -0.1) is 0 Å². The fourth-order valence-electron chi connectivity index (χ4n) is 1.97. The largest absolute Gasteiger partial charge is 0.481 e. The van der Waals surface area contributed by atoms with Gasteiger partial charge in [-0.05, 0) is 6.42 Å². The molecule has 0 aliphatic carbocycles. The zero-order valence-corrected chi connectivity index (χ0v) is 8.76. The number of carboxylic acids is 1. The zero-order valence-electron chi connectivity index (χ0n) is 8.76. The molecule has 6 nitrogen and oxygen atoms in total. The molecule has 2 aliphatic rings. The molecule has 0 spiro atoms. The van der Waals surface area contributed by atoms with E-state index in [1.54, 1.807) is 0 Å². The van der Waals surface area contributed by atoms with E-state index in [-0.39, 0.29) is 31.2 Å². The molecule has 0 aromatic carbocycles. The maximum absolute atomic E-state index is 11.3. The van der Waals surface area contributed by atoms with Crippen LogP contribution >= 0.6 is 0 Å². The molecule has 3 unspecified atom stereocenters. The summed E-state index contributed by atoms with van der Waals surface area (Å²) in [6.45, 7) is 0.965. The van der Waals surface area contributed by atoms with Crippen LogP contribution in [0, 0.1) is 0 Å². The number of esters is 1. The predicted octanol–water partition coefficient (Wildman–Crippen LogP) is -0.0493. The molecule has 0 saturated carbocycles. The molecular formula is C10H14O6. The topological polar surface area (TPSA) is 82.1 Å². The van der Waals surface area contributed by atoms with Crippen molar-refractivity contribution in [1.82, 2.24) is 0 Å². The van der Waals surface area contributed by atoms with Crippen LogP contribution in [0.5, 0.6) is 0 Å². The van der Waals surface area contributed by atoms with E-state index in [1.165, 1.54) is 0 Å². The highest BCUT2D eigenvalue weighted by Gasteiger charge is 2.43. The van der Waals surface area contributed by atoms with Crippen molar-refractivity contribution in [2.45, 2.75) is 37.6 Å². The molecule has 0 bridgehead atoms. The van der Waals surface area contributed by atoms with Gasteiger partial charge in [-0.2, -0.15) is 0 Å². The first-order valence-electron chi connectivity index (χ1n) is 5.31. The number of hydrogen-bond donors (Lipinski definition) is 1. The molecule has 2 saturated heterocycles. The van der Waals surface area contributed by atoms with E-state index in [2.05, 4.69) is 0 Å². The lowest BCUT2D eigenvalue weighted by molar-refractivity contribution is -0.155. The molecule has 2 rings (SSSR count). The van der Waals surface area contributed by atoms with Crippen molar-refractivity contribution >= 4 is 11.9 Å². The van der Waals surface area contributed by atoms with Gasteiger partial charge in [0.15, 0.2) is 6.10 Å². The monoisotopic (exact) mass is 230 g/mol. The minimum absolute atomic E-state index is 0.0253. The van der Waals surface area contributed by atoms with Crippen molar-refractivity contribution in [1.29, 1.82) is 0 Å². The number of rotatable bonds is 4. The highest BCUT2D eigenvalue weighted by molar-refractivity contribution is 5.76. The van der Waals surface area contributed by atoms with Gasteiger partial charge in [0, 0.05) is 6.61 Å². The molecular weight excluding hydrogens is 216 g/mol. The summed E-state index contributed by atoms with van der Waals surface area (Å²) < 4.78 is 15.9. The number of carbonyl (C=O) groups is 2. The number of hydrogen-bond acceptors (Lipinski definition) is 5. The number of carbonyl (C=O) groups excluding carboxylic acids is 1. The van der Waals surface area contributed by atoms with Crippen molar-refractivity contribution in [3.63, 3.8) is 0 Å². The van der Waals surface area contributed by atoms with Crippen molar-refractivity contribution < 1.29 is 28.9 Å². The average molecular weight is 230 g/mol. The molecule has 16 heavy (non-hydrogen) atoms. The Bertz CT molecular complexity index is 289. The van der Waals surface area contributed by atoms with Gasteiger partial charge in [0.25, 0.3) is 0 Å². The lowest BCUT2D eigenvalue weighted by atomic mass is 10.1. The van der Waals surface area contributed by atoms with Gasteiger partial charge in [0.2, 0.25) is 0 Å². The summed E-state index contributed by atoms with van der Waals surface area (Å²) in [5, 5.41) is 8.42. The molecule has 6 heteroatoms. The Morgan fingerprint density at radius 1 is 1.31 bits per heavy atom. The van der Waals surface area contributed by atoms with E-state index in [9.17, 15) is 9.59 Å². The van der Waals surface area contributed by atoms with Gasteiger partial charge in [-0.3, -0.25) is 9.59 Å². The Labute approximate surface area is 92.5 Å². The summed E-state index contributed by atoms with van der Waals surface area (Å²) in [4.78, 5) is 21.6. The van der Waals surface area contributed by atoms with Gasteiger partial charge in [-0.25, -0.2) is 0 Å². The van der Waals surface area contributed by atoms with Crippen molar-refractivity contribution in [2.75, 3.05) is 13.2 Å². The van der Waals surface area contributed by atoms with Crippen molar-refractivity contribution in [3.05, 3.63) is 0 Å². The van der Waals surface area contributed by atoms with Crippen LogP contribution in [-0.4, -0.2) is 48.6 Å². The Kier molecular flexibility index (Phi) is 3.40. The standard InChI is InChI=1S/C10H14O6/c11-8(12)1-2-9(13)16-7-5-15-6-3-4-14-10(6)7/h6-7,10H,1-5H2,(H,11,12). The zero-order chi connectivity index (χ0) is 11.5. The first-order chi connectivity index (χ1) is 7.66. The molecule has 3 atom stereocenters.